The molecule has 1 N–H and O–H groups in total. The molecule has 0 spiro atoms. The predicted molar refractivity (Wildman–Crippen MR) is 78.1 cm³/mol. The minimum absolute atomic E-state index is 0.712. The van der Waals surface area contributed by atoms with Gasteiger partial charge in [0.1, 0.15) is 0 Å². The van der Waals surface area contributed by atoms with E-state index in [9.17, 15) is 0 Å². The van der Waals surface area contributed by atoms with Crippen LogP contribution < -0.4 is 10.2 Å². The van der Waals surface area contributed by atoms with Crippen LogP contribution in [0.1, 0.15) is 5.56 Å². The zero-order chi connectivity index (χ0) is 13.5. The van der Waals surface area contributed by atoms with E-state index in [2.05, 4.69) is 22.3 Å². The maximum absolute atomic E-state index is 6.33. The van der Waals surface area contributed by atoms with Crippen LogP contribution in [0.2, 0.25) is 5.02 Å². The van der Waals surface area contributed by atoms with Crippen LogP contribution in [0.15, 0.2) is 18.2 Å². The topological polar surface area (TPSA) is 33.7 Å². The molecule has 2 rings (SSSR count). The molecule has 106 valence electrons. The molecule has 0 aliphatic carbocycles. The van der Waals surface area contributed by atoms with Crippen LogP contribution in [0.4, 0.5) is 5.69 Å². The first-order chi connectivity index (χ1) is 9.31. The number of hydrogen-bond donors (Lipinski definition) is 1. The zero-order valence-corrected chi connectivity index (χ0v) is 12.1. The Hall–Kier alpha value is -0.810. The largest absolute Gasteiger partial charge is 0.383 e. The fourth-order valence-corrected chi connectivity index (χ4v) is 2.34. The van der Waals surface area contributed by atoms with Gasteiger partial charge >= 0.3 is 0 Å². The third-order valence-corrected chi connectivity index (χ3v) is 3.56. The maximum atomic E-state index is 6.33. The summed E-state index contributed by atoms with van der Waals surface area (Å²) >= 11 is 6.33. The molecular formula is C14H21ClN2O2. The van der Waals surface area contributed by atoms with Crippen molar-refractivity contribution in [3.05, 3.63) is 28.8 Å². The van der Waals surface area contributed by atoms with E-state index in [-0.39, 0.29) is 0 Å². The van der Waals surface area contributed by atoms with Crippen molar-refractivity contribution in [2.75, 3.05) is 51.5 Å². The van der Waals surface area contributed by atoms with E-state index in [4.69, 9.17) is 21.1 Å². The van der Waals surface area contributed by atoms with Gasteiger partial charge in [-0.1, -0.05) is 17.7 Å². The molecule has 1 saturated heterocycles. The van der Waals surface area contributed by atoms with Crippen molar-refractivity contribution < 1.29 is 9.47 Å². The number of hydrogen-bond acceptors (Lipinski definition) is 4. The van der Waals surface area contributed by atoms with E-state index in [1.807, 2.05) is 6.07 Å². The summed E-state index contributed by atoms with van der Waals surface area (Å²) in [5.41, 5.74) is 2.30. The monoisotopic (exact) mass is 284 g/mol. The molecule has 0 radical (unpaired) electrons. The Morgan fingerprint density at radius 1 is 1.37 bits per heavy atom. The van der Waals surface area contributed by atoms with Crippen LogP contribution in [0.25, 0.3) is 0 Å². The molecule has 0 saturated carbocycles. The summed E-state index contributed by atoms with van der Waals surface area (Å²) in [6.07, 6.45) is 0. The Morgan fingerprint density at radius 2 is 2.16 bits per heavy atom. The standard InChI is InChI=1S/C14H21ClN2O2/c1-18-7-4-16-11-12-2-3-13(10-14(12)15)17-5-8-19-9-6-17/h2-3,10,16H,4-9,11H2,1H3. The van der Waals surface area contributed by atoms with Gasteiger partial charge in [0.2, 0.25) is 0 Å². The molecule has 1 heterocycles. The predicted octanol–water partition coefficient (Wildman–Crippen LogP) is 1.91. The summed E-state index contributed by atoms with van der Waals surface area (Å²) in [4.78, 5) is 2.30. The molecule has 0 unspecified atom stereocenters. The van der Waals surface area contributed by atoms with Crippen molar-refractivity contribution in [3.8, 4) is 0 Å². The molecule has 5 heteroatoms. The van der Waals surface area contributed by atoms with Crippen molar-refractivity contribution in [1.29, 1.82) is 0 Å². The third kappa shape index (κ3) is 4.35. The number of methoxy groups -OCH3 is 1. The molecule has 1 aliphatic heterocycles. The van der Waals surface area contributed by atoms with E-state index in [0.717, 1.165) is 50.0 Å². The molecule has 1 fully saturated rings. The van der Waals surface area contributed by atoms with Gasteiger partial charge in [0.15, 0.2) is 0 Å². The van der Waals surface area contributed by atoms with Crippen molar-refractivity contribution in [3.63, 3.8) is 0 Å². The van der Waals surface area contributed by atoms with Gasteiger partial charge in [-0.2, -0.15) is 0 Å². The molecule has 19 heavy (non-hydrogen) atoms. The number of anilines is 1. The zero-order valence-electron chi connectivity index (χ0n) is 11.3. The first-order valence-corrected chi connectivity index (χ1v) is 7.00. The van der Waals surface area contributed by atoms with Gasteiger partial charge in [0.05, 0.1) is 19.8 Å². The van der Waals surface area contributed by atoms with E-state index in [0.29, 0.717) is 6.61 Å². The summed E-state index contributed by atoms with van der Waals surface area (Å²) in [7, 11) is 1.70. The molecule has 1 aliphatic rings. The summed E-state index contributed by atoms with van der Waals surface area (Å²) in [6, 6.07) is 6.26. The number of rotatable bonds is 6. The Labute approximate surface area is 119 Å². The number of halogens is 1. The first kappa shape index (κ1) is 14.6. The van der Waals surface area contributed by atoms with Crippen LogP contribution in [0.5, 0.6) is 0 Å². The molecule has 1 aromatic rings. The van der Waals surface area contributed by atoms with Crippen LogP contribution in [-0.2, 0) is 16.0 Å². The molecule has 1 aromatic carbocycles. The van der Waals surface area contributed by atoms with Crippen molar-refractivity contribution in [2.45, 2.75) is 6.54 Å². The lowest BCUT2D eigenvalue weighted by atomic mass is 10.2. The van der Waals surface area contributed by atoms with Gasteiger partial charge in [0, 0.05) is 44.0 Å². The van der Waals surface area contributed by atoms with Gasteiger partial charge < -0.3 is 19.7 Å². The third-order valence-electron chi connectivity index (χ3n) is 3.21. The SMILES string of the molecule is COCCNCc1ccc(N2CCOCC2)cc1Cl. The highest BCUT2D eigenvalue weighted by molar-refractivity contribution is 6.31. The average molecular weight is 285 g/mol. The normalized spacial score (nSPS) is 15.8. The molecule has 0 bridgehead atoms. The van der Waals surface area contributed by atoms with Crippen LogP contribution in [-0.4, -0.2) is 46.6 Å². The van der Waals surface area contributed by atoms with Crippen LogP contribution in [0, 0.1) is 0 Å². The lowest BCUT2D eigenvalue weighted by Crippen LogP contribution is -2.36. The van der Waals surface area contributed by atoms with E-state index in [1.54, 1.807) is 7.11 Å². The Kier molecular flexibility index (Phi) is 5.92. The molecule has 0 aromatic heterocycles. The quantitative estimate of drug-likeness (QED) is 0.809. The van der Waals surface area contributed by atoms with Crippen LogP contribution in [0.3, 0.4) is 0 Å². The number of benzene rings is 1. The molecule has 0 amide bonds. The van der Waals surface area contributed by atoms with E-state index < -0.39 is 0 Å². The highest BCUT2D eigenvalue weighted by Crippen LogP contribution is 2.24. The van der Waals surface area contributed by atoms with Crippen molar-refractivity contribution in [2.24, 2.45) is 0 Å². The van der Waals surface area contributed by atoms with Gasteiger partial charge in [-0.05, 0) is 17.7 Å². The fourth-order valence-electron chi connectivity index (χ4n) is 2.10. The molecule has 0 atom stereocenters. The lowest BCUT2D eigenvalue weighted by molar-refractivity contribution is 0.122. The number of ether oxygens (including phenoxy) is 2. The van der Waals surface area contributed by atoms with E-state index >= 15 is 0 Å². The van der Waals surface area contributed by atoms with Gasteiger partial charge in [-0.3, -0.25) is 0 Å². The summed E-state index contributed by atoms with van der Waals surface area (Å²) < 4.78 is 10.3. The van der Waals surface area contributed by atoms with Gasteiger partial charge in [0.25, 0.3) is 0 Å². The second-order valence-electron chi connectivity index (χ2n) is 4.54. The summed E-state index contributed by atoms with van der Waals surface area (Å²) in [5, 5.41) is 4.11. The lowest BCUT2D eigenvalue weighted by Gasteiger charge is -2.29. The van der Waals surface area contributed by atoms with Gasteiger partial charge in [-0.25, -0.2) is 0 Å². The number of nitrogens with one attached hydrogen (secondary N) is 1. The molecular weight excluding hydrogens is 264 g/mol. The minimum atomic E-state index is 0.712. The average Bonchev–Trinajstić information content (AvgIpc) is 2.46. The Balaban J connectivity index is 1.92. The smallest absolute Gasteiger partial charge is 0.0642 e. The second kappa shape index (κ2) is 7.70. The Bertz CT molecular complexity index is 395. The fraction of sp³-hybridized carbons (Fsp3) is 0.571. The maximum Gasteiger partial charge on any atom is 0.0642 e. The Morgan fingerprint density at radius 3 is 2.84 bits per heavy atom. The second-order valence-corrected chi connectivity index (χ2v) is 4.95. The number of nitrogens with zero attached hydrogens (tertiary/aromatic N) is 1. The van der Waals surface area contributed by atoms with Crippen LogP contribution >= 0.6 is 11.6 Å². The van der Waals surface area contributed by atoms with Gasteiger partial charge in [-0.15, -0.1) is 0 Å². The highest BCUT2D eigenvalue weighted by atomic mass is 35.5. The first-order valence-electron chi connectivity index (χ1n) is 6.62. The summed E-state index contributed by atoms with van der Waals surface area (Å²) in [6.45, 7) is 5.76. The highest BCUT2D eigenvalue weighted by Gasteiger charge is 2.12. The van der Waals surface area contributed by atoms with E-state index in [1.165, 1.54) is 5.69 Å². The van der Waals surface area contributed by atoms with Crippen molar-refractivity contribution >= 4 is 17.3 Å². The molecule has 4 nitrogen and oxygen atoms in total. The minimum Gasteiger partial charge on any atom is -0.383 e. The summed E-state index contributed by atoms with van der Waals surface area (Å²) in [5.74, 6) is 0. The number of morpholine rings is 1. The van der Waals surface area contributed by atoms with Crippen molar-refractivity contribution in [1.82, 2.24) is 5.32 Å².